The fourth-order valence-electron chi connectivity index (χ4n) is 4.23. The number of hydrazone groups is 1. The van der Waals surface area contributed by atoms with Crippen LogP contribution in [0.25, 0.3) is 0 Å². The summed E-state index contributed by atoms with van der Waals surface area (Å²) >= 11 is 0. The third-order valence-corrected chi connectivity index (χ3v) is 5.83. The Hall–Kier alpha value is -3.29. The van der Waals surface area contributed by atoms with Crippen molar-refractivity contribution in [2.45, 2.75) is 31.7 Å². The first kappa shape index (κ1) is 17.8. The summed E-state index contributed by atoms with van der Waals surface area (Å²) in [5.74, 6) is 1.21. The lowest BCUT2D eigenvalue weighted by Gasteiger charge is -2.33. The molecule has 1 aromatic carbocycles. The van der Waals surface area contributed by atoms with Crippen molar-refractivity contribution in [3.8, 4) is 0 Å². The molecule has 3 aliphatic rings. The van der Waals surface area contributed by atoms with Crippen molar-refractivity contribution in [3.63, 3.8) is 0 Å². The average Bonchev–Trinajstić information content (AvgIpc) is 3.39. The van der Waals surface area contributed by atoms with Gasteiger partial charge in [-0.2, -0.15) is 10.1 Å². The van der Waals surface area contributed by atoms with Gasteiger partial charge in [0.25, 0.3) is 0 Å². The van der Waals surface area contributed by atoms with Gasteiger partial charge in [0, 0.05) is 43.4 Å². The highest BCUT2D eigenvalue weighted by Gasteiger charge is 2.35. The molecule has 0 saturated carbocycles. The highest BCUT2D eigenvalue weighted by atomic mass is 16.2. The SMILES string of the molecule is O=C1Cc2cnc(N3CCC(C(=O)N4N=CCC4c4ccccc4)CC3)nc2N1. The van der Waals surface area contributed by atoms with Crippen LogP contribution >= 0.6 is 0 Å². The summed E-state index contributed by atoms with van der Waals surface area (Å²) in [6, 6.07) is 10.1. The fraction of sp³-hybridized carbons (Fsp3) is 0.381. The number of aromatic nitrogens is 2. The van der Waals surface area contributed by atoms with Gasteiger partial charge in [-0.1, -0.05) is 30.3 Å². The normalized spacial score (nSPS) is 21.4. The van der Waals surface area contributed by atoms with Crippen LogP contribution in [-0.4, -0.2) is 46.1 Å². The maximum atomic E-state index is 13.1. The lowest BCUT2D eigenvalue weighted by molar-refractivity contribution is -0.138. The number of rotatable bonds is 3. The predicted molar refractivity (Wildman–Crippen MR) is 108 cm³/mol. The first-order chi connectivity index (χ1) is 14.2. The number of hydrogen-bond donors (Lipinski definition) is 1. The average molecular weight is 390 g/mol. The van der Waals surface area contributed by atoms with Crippen molar-refractivity contribution in [1.82, 2.24) is 15.0 Å². The number of carbonyl (C=O) groups excluding carboxylic acids is 2. The molecule has 8 heteroatoms. The molecule has 2 amide bonds. The van der Waals surface area contributed by atoms with Crippen molar-refractivity contribution in [1.29, 1.82) is 0 Å². The Labute approximate surface area is 168 Å². The van der Waals surface area contributed by atoms with Crippen LogP contribution in [0.3, 0.4) is 0 Å². The van der Waals surface area contributed by atoms with Crippen LogP contribution in [0.5, 0.6) is 0 Å². The molecule has 4 heterocycles. The molecule has 29 heavy (non-hydrogen) atoms. The van der Waals surface area contributed by atoms with E-state index in [1.165, 1.54) is 0 Å². The largest absolute Gasteiger partial charge is 0.341 e. The second-order valence-corrected chi connectivity index (χ2v) is 7.67. The number of nitrogens with one attached hydrogen (secondary N) is 1. The van der Waals surface area contributed by atoms with Crippen LogP contribution in [0.1, 0.15) is 36.4 Å². The topological polar surface area (TPSA) is 90.8 Å². The fourth-order valence-corrected chi connectivity index (χ4v) is 4.23. The van der Waals surface area contributed by atoms with Crippen LogP contribution in [0, 0.1) is 5.92 Å². The molecule has 3 aliphatic heterocycles. The summed E-state index contributed by atoms with van der Waals surface area (Å²) in [6.07, 6.45) is 6.11. The Morgan fingerprint density at radius 1 is 1.14 bits per heavy atom. The zero-order valence-electron chi connectivity index (χ0n) is 16.0. The van der Waals surface area contributed by atoms with E-state index in [0.29, 0.717) is 31.3 Å². The molecule has 2 aromatic rings. The van der Waals surface area contributed by atoms with E-state index >= 15 is 0 Å². The minimum atomic E-state index is -0.0538. The quantitative estimate of drug-likeness (QED) is 0.867. The molecule has 1 aromatic heterocycles. The number of carbonyl (C=O) groups is 2. The number of hydrogen-bond acceptors (Lipinski definition) is 6. The summed E-state index contributed by atoms with van der Waals surface area (Å²) in [7, 11) is 0. The first-order valence-corrected chi connectivity index (χ1v) is 10.0. The Kier molecular flexibility index (Phi) is 4.46. The molecule has 0 spiro atoms. The summed E-state index contributed by atoms with van der Waals surface area (Å²) in [4.78, 5) is 35.6. The molecular formula is C21H22N6O2. The Balaban J connectivity index is 1.24. The van der Waals surface area contributed by atoms with E-state index in [-0.39, 0.29) is 23.8 Å². The summed E-state index contributed by atoms with van der Waals surface area (Å²) in [5, 5.41) is 8.80. The van der Waals surface area contributed by atoms with Crippen LogP contribution in [-0.2, 0) is 16.0 Å². The van der Waals surface area contributed by atoms with Crippen molar-refractivity contribution in [2.75, 3.05) is 23.3 Å². The number of anilines is 2. The minimum absolute atomic E-state index is 0.00890. The smallest absolute Gasteiger partial charge is 0.246 e. The zero-order valence-corrected chi connectivity index (χ0v) is 16.0. The molecule has 0 radical (unpaired) electrons. The van der Waals surface area contributed by atoms with Gasteiger partial charge in [0.15, 0.2) is 0 Å². The predicted octanol–water partition coefficient (Wildman–Crippen LogP) is 2.15. The Morgan fingerprint density at radius 3 is 2.72 bits per heavy atom. The maximum Gasteiger partial charge on any atom is 0.246 e. The highest BCUT2D eigenvalue weighted by molar-refractivity contribution is 5.97. The molecule has 1 atom stereocenters. The third kappa shape index (κ3) is 3.35. The van der Waals surface area contributed by atoms with Gasteiger partial charge in [0.1, 0.15) is 5.82 Å². The van der Waals surface area contributed by atoms with E-state index in [1.807, 2.05) is 36.5 Å². The van der Waals surface area contributed by atoms with Gasteiger partial charge in [-0.15, -0.1) is 0 Å². The summed E-state index contributed by atoms with van der Waals surface area (Å²) < 4.78 is 0. The van der Waals surface area contributed by atoms with Crippen LogP contribution < -0.4 is 10.2 Å². The second-order valence-electron chi connectivity index (χ2n) is 7.67. The molecule has 148 valence electrons. The zero-order chi connectivity index (χ0) is 19.8. The maximum absolute atomic E-state index is 13.1. The van der Waals surface area contributed by atoms with Crippen LogP contribution in [0.2, 0.25) is 0 Å². The van der Waals surface area contributed by atoms with Gasteiger partial charge >= 0.3 is 0 Å². The second kappa shape index (κ2) is 7.27. The standard InChI is InChI=1S/C21H22N6O2/c28-18-12-16-13-22-21(25-19(16)24-18)26-10-7-15(8-11-26)20(29)27-17(6-9-23-27)14-4-2-1-3-5-14/h1-5,9,13,15,17H,6-8,10-12H2,(H,22,24,25,28). The first-order valence-electron chi connectivity index (χ1n) is 10.0. The number of fused-ring (bicyclic) bond motifs is 1. The lowest BCUT2D eigenvalue weighted by atomic mass is 9.94. The number of piperidine rings is 1. The molecule has 1 unspecified atom stereocenters. The molecule has 5 rings (SSSR count). The van der Waals surface area contributed by atoms with E-state index in [0.717, 1.165) is 30.4 Å². The molecule has 8 nitrogen and oxygen atoms in total. The van der Waals surface area contributed by atoms with Crippen molar-refractivity contribution < 1.29 is 9.59 Å². The molecule has 1 N–H and O–H groups in total. The Morgan fingerprint density at radius 2 is 1.93 bits per heavy atom. The van der Waals surface area contributed by atoms with Gasteiger partial charge in [-0.05, 0) is 18.4 Å². The lowest BCUT2D eigenvalue weighted by Crippen LogP contribution is -2.41. The van der Waals surface area contributed by atoms with E-state index in [1.54, 1.807) is 11.2 Å². The Bertz CT molecular complexity index is 968. The van der Waals surface area contributed by atoms with E-state index < -0.39 is 0 Å². The van der Waals surface area contributed by atoms with E-state index in [9.17, 15) is 9.59 Å². The van der Waals surface area contributed by atoms with Gasteiger partial charge in [-0.3, -0.25) is 9.59 Å². The van der Waals surface area contributed by atoms with E-state index in [2.05, 4.69) is 25.3 Å². The van der Waals surface area contributed by atoms with Gasteiger partial charge in [0.2, 0.25) is 17.8 Å². The summed E-state index contributed by atoms with van der Waals surface area (Å²) in [6.45, 7) is 1.41. The number of nitrogens with zero attached hydrogens (tertiary/aromatic N) is 5. The molecule has 1 saturated heterocycles. The van der Waals surface area contributed by atoms with E-state index in [4.69, 9.17) is 0 Å². The third-order valence-electron chi connectivity index (χ3n) is 5.83. The summed E-state index contributed by atoms with van der Waals surface area (Å²) in [5.41, 5.74) is 1.95. The van der Waals surface area contributed by atoms with Gasteiger partial charge < -0.3 is 10.2 Å². The number of benzene rings is 1. The highest BCUT2D eigenvalue weighted by Crippen LogP contribution is 2.32. The van der Waals surface area contributed by atoms with Crippen LogP contribution in [0.4, 0.5) is 11.8 Å². The van der Waals surface area contributed by atoms with Gasteiger partial charge in [-0.25, -0.2) is 9.99 Å². The monoisotopic (exact) mass is 390 g/mol. The minimum Gasteiger partial charge on any atom is -0.341 e. The molecule has 0 aliphatic carbocycles. The molecule has 0 bridgehead atoms. The van der Waals surface area contributed by atoms with Crippen LogP contribution in [0.15, 0.2) is 41.6 Å². The van der Waals surface area contributed by atoms with Crippen molar-refractivity contribution in [3.05, 3.63) is 47.7 Å². The number of amides is 2. The van der Waals surface area contributed by atoms with Crippen molar-refractivity contribution in [2.24, 2.45) is 11.0 Å². The molecule has 1 fully saturated rings. The molecular weight excluding hydrogens is 368 g/mol. The van der Waals surface area contributed by atoms with Crippen molar-refractivity contribution >= 4 is 29.8 Å². The van der Waals surface area contributed by atoms with Gasteiger partial charge in [0.05, 0.1) is 12.5 Å².